The van der Waals surface area contributed by atoms with Crippen molar-refractivity contribution >= 4 is 11.8 Å². The predicted molar refractivity (Wildman–Crippen MR) is 60.8 cm³/mol. The van der Waals surface area contributed by atoms with Crippen LogP contribution in [-0.2, 0) is 0 Å². The normalized spacial score (nSPS) is 18.4. The van der Waals surface area contributed by atoms with Crippen LogP contribution in [0.2, 0.25) is 0 Å². The van der Waals surface area contributed by atoms with Crippen molar-refractivity contribution in [2.45, 2.75) is 6.10 Å². The quantitative estimate of drug-likeness (QED) is 0.795. The van der Waals surface area contributed by atoms with Crippen LogP contribution in [0.3, 0.4) is 0 Å². The van der Waals surface area contributed by atoms with Crippen molar-refractivity contribution in [2.75, 3.05) is 25.2 Å². The van der Waals surface area contributed by atoms with Crippen molar-refractivity contribution in [1.82, 2.24) is 0 Å². The highest BCUT2D eigenvalue weighted by atomic mass is 32.2. The Balaban J connectivity index is 2.03. The van der Waals surface area contributed by atoms with Crippen LogP contribution in [0.4, 0.5) is 0 Å². The second kappa shape index (κ2) is 4.77. The first-order valence-corrected chi connectivity index (χ1v) is 6.27. The van der Waals surface area contributed by atoms with E-state index in [1.165, 1.54) is 0 Å². The van der Waals surface area contributed by atoms with Gasteiger partial charge in [-0.25, -0.2) is 0 Å². The van der Waals surface area contributed by atoms with Gasteiger partial charge in [-0.05, 0) is 18.4 Å². The molecule has 82 valence electrons. The van der Waals surface area contributed by atoms with Gasteiger partial charge in [0.25, 0.3) is 0 Å². The summed E-state index contributed by atoms with van der Waals surface area (Å²) in [6.45, 7) is 1.05. The molecule has 15 heavy (non-hydrogen) atoms. The van der Waals surface area contributed by atoms with Gasteiger partial charge in [0.05, 0.1) is 6.61 Å². The summed E-state index contributed by atoms with van der Waals surface area (Å²) in [6.07, 6.45) is 1.56. The topological polar surface area (TPSA) is 38.7 Å². The summed E-state index contributed by atoms with van der Waals surface area (Å²) < 4.78 is 10.8. The molecule has 3 nitrogen and oxygen atoms in total. The minimum absolute atomic E-state index is 0.351. The number of aliphatic hydroxyl groups excluding tert-OH is 1. The van der Waals surface area contributed by atoms with Crippen LogP contribution in [-0.4, -0.2) is 30.3 Å². The Morgan fingerprint density at radius 2 is 2.47 bits per heavy atom. The van der Waals surface area contributed by atoms with Crippen molar-refractivity contribution < 1.29 is 14.6 Å². The lowest BCUT2D eigenvalue weighted by Gasteiger charge is -2.06. The maximum absolute atomic E-state index is 9.52. The number of aliphatic hydroxyl groups is 1. The molecular formula is C11H14O3S. The zero-order chi connectivity index (χ0) is 10.7. The van der Waals surface area contributed by atoms with E-state index in [1.807, 2.05) is 24.5 Å². The third kappa shape index (κ3) is 2.38. The number of hydrogen-bond donors (Lipinski definition) is 1. The summed E-state index contributed by atoms with van der Waals surface area (Å²) in [5.74, 6) is 2.52. The van der Waals surface area contributed by atoms with E-state index < -0.39 is 6.10 Å². The molecule has 1 aliphatic heterocycles. The number of thioether (sulfide) groups is 1. The van der Waals surface area contributed by atoms with Crippen LogP contribution in [0.15, 0.2) is 18.2 Å². The van der Waals surface area contributed by atoms with Gasteiger partial charge in [-0.2, -0.15) is 11.8 Å². The molecule has 0 amide bonds. The number of hydrogen-bond acceptors (Lipinski definition) is 4. The molecule has 1 atom stereocenters. The molecule has 0 bridgehead atoms. The fourth-order valence-corrected chi connectivity index (χ4v) is 1.76. The number of rotatable bonds is 4. The highest BCUT2D eigenvalue weighted by molar-refractivity contribution is 7.98. The van der Waals surface area contributed by atoms with Crippen LogP contribution in [0.1, 0.15) is 11.7 Å². The van der Waals surface area contributed by atoms with Crippen LogP contribution in [0, 0.1) is 0 Å². The lowest BCUT2D eigenvalue weighted by Crippen LogP contribution is -1.99. The average Bonchev–Trinajstić information content (AvgIpc) is 2.61. The fraction of sp³-hybridized carbons (Fsp3) is 0.455. The molecule has 1 N–H and O–H groups in total. The van der Waals surface area contributed by atoms with E-state index in [1.54, 1.807) is 11.8 Å². The SMILES string of the molecule is CSCCOc1ccc2c(c1)OCC2O. The molecule has 1 aromatic rings. The molecule has 0 aromatic heterocycles. The summed E-state index contributed by atoms with van der Waals surface area (Å²) in [6, 6.07) is 5.57. The maximum atomic E-state index is 9.52. The maximum Gasteiger partial charge on any atom is 0.129 e. The Bertz CT molecular complexity index is 341. The Hall–Kier alpha value is -0.870. The lowest BCUT2D eigenvalue weighted by molar-refractivity contribution is 0.140. The van der Waals surface area contributed by atoms with E-state index in [4.69, 9.17) is 9.47 Å². The van der Waals surface area contributed by atoms with E-state index in [9.17, 15) is 5.11 Å². The summed E-state index contributed by atoms with van der Waals surface area (Å²) in [5, 5.41) is 9.52. The first kappa shape index (κ1) is 10.6. The van der Waals surface area contributed by atoms with Gasteiger partial charge in [-0.1, -0.05) is 0 Å². The minimum atomic E-state index is -0.486. The van der Waals surface area contributed by atoms with Crippen molar-refractivity contribution in [3.63, 3.8) is 0 Å². The Morgan fingerprint density at radius 1 is 1.60 bits per heavy atom. The highest BCUT2D eigenvalue weighted by Crippen LogP contribution is 2.34. The van der Waals surface area contributed by atoms with Gasteiger partial charge < -0.3 is 14.6 Å². The van der Waals surface area contributed by atoms with Crippen LogP contribution < -0.4 is 9.47 Å². The Morgan fingerprint density at radius 3 is 3.27 bits per heavy atom. The van der Waals surface area contributed by atoms with Gasteiger partial charge in [0.2, 0.25) is 0 Å². The second-order valence-electron chi connectivity index (χ2n) is 3.37. The second-order valence-corrected chi connectivity index (χ2v) is 4.35. The standard InChI is InChI=1S/C11H14O3S/c1-15-5-4-13-8-2-3-9-10(12)7-14-11(9)6-8/h2-3,6,10,12H,4-5,7H2,1H3. The molecule has 2 rings (SSSR count). The van der Waals surface area contributed by atoms with E-state index in [0.717, 1.165) is 22.8 Å². The molecule has 0 spiro atoms. The zero-order valence-corrected chi connectivity index (χ0v) is 9.42. The van der Waals surface area contributed by atoms with Crippen LogP contribution in [0.25, 0.3) is 0 Å². The third-order valence-electron chi connectivity index (χ3n) is 2.30. The zero-order valence-electron chi connectivity index (χ0n) is 8.60. The van der Waals surface area contributed by atoms with Gasteiger partial charge in [-0.3, -0.25) is 0 Å². The Labute approximate surface area is 93.4 Å². The number of ether oxygens (including phenoxy) is 2. The smallest absolute Gasteiger partial charge is 0.129 e. The number of benzene rings is 1. The molecule has 0 saturated heterocycles. The van der Waals surface area contributed by atoms with Crippen molar-refractivity contribution in [3.8, 4) is 11.5 Å². The largest absolute Gasteiger partial charge is 0.493 e. The van der Waals surface area contributed by atoms with Crippen molar-refractivity contribution in [2.24, 2.45) is 0 Å². The molecule has 4 heteroatoms. The molecule has 1 aliphatic rings. The molecule has 0 fully saturated rings. The van der Waals surface area contributed by atoms with Gasteiger partial charge in [0.15, 0.2) is 0 Å². The summed E-state index contributed by atoms with van der Waals surface area (Å²) >= 11 is 1.75. The lowest BCUT2D eigenvalue weighted by atomic mass is 10.1. The average molecular weight is 226 g/mol. The minimum Gasteiger partial charge on any atom is -0.493 e. The van der Waals surface area contributed by atoms with Gasteiger partial charge >= 0.3 is 0 Å². The van der Waals surface area contributed by atoms with Gasteiger partial charge in [-0.15, -0.1) is 0 Å². The number of fused-ring (bicyclic) bond motifs is 1. The van der Waals surface area contributed by atoms with E-state index in [2.05, 4.69) is 0 Å². The van der Waals surface area contributed by atoms with E-state index >= 15 is 0 Å². The predicted octanol–water partition coefficient (Wildman–Crippen LogP) is 1.85. The van der Waals surface area contributed by atoms with Gasteiger partial charge in [0.1, 0.15) is 24.2 Å². The Kier molecular flexibility index (Phi) is 3.38. The molecular weight excluding hydrogens is 212 g/mol. The molecule has 0 saturated carbocycles. The van der Waals surface area contributed by atoms with Crippen molar-refractivity contribution in [1.29, 1.82) is 0 Å². The monoisotopic (exact) mass is 226 g/mol. The molecule has 1 aromatic carbocycles. The van der Waals surface area contributed by atoms with Gasteiger partial charge in [0, 0.05) is 17.4 Å². The molecule has 0 radical (unpaired) electrons. The van der Waals surface area contributed by atoms with Crippen molar-refractivity contribution in [3.05, 3.63) is 23.8 Å². The fourth-order valence-electron chi connectivity index (χ4n) is 1.51. The summed E-state index contributed by atoms with van der Waals surface area (Å²) in [4.78, 5) is 0. The molecule has 1 unspecified atom stereocenters. The summed E-state index contributed by atoms with van der Waals surface area (Å²) in [5.41, 5.74) is 0.854. The third-order valence-corrected chi connectivity index (χ3v) is 2.87. The molecule has 0 aliphatic carbocycles. The first-order valence-electron chi connectivity index (χ1n) is 4.88. The van der Waals surface area contributed by atoms with Crippen LogP contribution >= 0.6 is 11.8 Å². The van der Waals surface area contributed by atoms with E-state index in [0.29, 0.717) is 13.2 Å². The highest BCUT2D eigenvalue weighted by Gasteiger charge is 2.21. The van der Waals surface area contributed by atoms with E-state index in [-0.39, 0.29) is 0 Å². The summed E-state index contributed by atoms with van der Waals surface area (Å²) in [7, 11) is 0. The van der Waals surface area contributed by atoms with Crippen LogP contribution in [0.5, 0.6) is 11.5 Å². The molecule has 1 heterocycles. The first-order chi connectivity index (χ1) is 7.31.